The fraction of sp³-hybridized carbons (Fsp3) is 0.300. The molecule has 0 unspecified atom stereocenters. The summed E-state index contributed by atoms with van der Waals surface area (Å²) in [7, 11) is 0. The lowest BCUT2D eigenvalue weighted by molar-refractivity contribution is -0.122. The summed E-state index contributed by atoms with van der Waals surface area (Å²) >= 11 is 0. The van der Waals surface area contributed by atoms with Gasteiger partial charge in [0.1, 0.15) is 0 Å². The van der Waals surface area contributed by atoms with Crippen LogP contribution >= 0.6 is 0 Å². The molecule has 4 heteroatoms. The van der Waals surface area contributed by atoms with Gasteiger partial charge < -0.3 is 10.4 Å². The van der Waals surface area contributed by atoms with Gasteiger partial charge in [-0.3, -0.25) is 4.79 Å². The predicted octanol–water partition coefficient (Wildman–Crippen LogP) is 3.16. The summed E-state index contributed by atoms with van der Waals surface area (Å²) < 4.78 is 0. The number of carboxylic acid groups (broad SMARTS) is 1. The number of carbonyl (C=O) groups excluding carboxylic acids is 1. The fourth-order valence-corrected chi connectivity index (χ4v) is 3.03. The number of amides is 1. The van der Waals surface area contributed by atoms with Gasteiger partial charge >= 0.3 is 5.97 Å². The van der Waals surface area contributed by atoms with Crippen LogP contribution in [0.2, 0.25) is 0 Å². The van der Waals surface area contributed by atoms with Gasteiger partial charge in [-0.15, -0.1) is 0 Å². The Kier molecular flexibility index (Phi) is 4.65. The van der Waals surface area contributed by atoms with Gasteiger partial charge in [-0.05, 0) is 48.9 Å². The normalized spacial score (nSPS) is 18.9. The van der Waals surface area contributed by atoms with Crippen molar-refractivity contribution < 1.29 is 14.7 Å². The first-order valence-corrected chi connectivity index (χ1v) is 8.21. The zero-order valence-electron chi connectivity index (χ0n) is 13.7. The highest BCUT2D eigenvalue weighted by Crippen LogP contribution is 2.47. The van der Waals surface area contributed by atoms with Gasteiger partial charge in [0.2, 0.25) is 5.91 Å². The van der Waals surface area contributed by atoms with E-state index in [-0.39, 0.29) is 17.4 Å². The molecule has 3 rings (SSSR count). The van der Waals surface area contributed by atoms with Crippen LogP contribution in [0.1, 0.15) is 39.4 Å². The molecule has 1 aliphatic rings. The second-order valence-corrected chi connectivity index (χ2v) is 6.41. The maximum atomic E-state index is 12.2. The van der Waals surface area contributed by atoms with Crippen molar-refractivity contribution in [3.63, 3.8) is 0 Å². The van der Waals surface area contributed by atoms with Crippen LogP contribution in [0.4, 0.5) is 0 Å². The molecule has 0 heterocycles. The summed E-state index contributed by atoms with van der Waals surface area (Å²) in [6.45, 7) is 2.64. The average molecular weight is 323 g/mol. The van der Waals surface area contributed by atoms with Crippen molar-refractivity contribution >= 4 is 11.9 Å². The molecule has 0 spiro atoms. The molecule has 1 aliphatic carbocycles. The van der Waals surface area contributed by atoms with Crippen molar-refractivity contribution in [2.75, 3.05) is 6.54 Å². The van der Waals surface area contributed by atoms with Crippen LogP contribution in [0, 0.1) is 12.8 Å². The van der Waals surface area contributed by atoms with E-state index in [2.05, 4.69) is 30.4 Å². The molecule has 0 bridgehead atoms. The molecule has 24 heavy (non-hydrogen) atoms. The van der Waals surface area contributed by atoms with E-state index in [0.29, 0.717) is 18.9 Å². The third-order valence-corrected chi connectivity index (χ3v) is 4.51. The number of aromatic carboxylic acids is 1. The molecule has 4 nitrogen and oxygen atoms in total. The van der Waals surface area contributed by atoms with Crippen LogP contribution in [0.25, 0.3) is 0 Å². The Morgan fingerprint density at radius 2 is 1.92 bits per heavy atom. The van der Waals surface area contributed by atoms with E-state index < -0.39 is 5.97 Å². The third-order valence-electron chi connectivity index (χ3n) is 4.51. The minimum Gasteiger partial charge on any atom is -0.478 e. The molecular formula is C20H21NO3. The Hall–Kier alpha value is -2.62. The summed E-state index contributed by atoms with van der Waals surface area (Å²) in [5.74, 6) is -0.379. The van der Waals surface area contributed by atoms with Crippen molar-refractivity contribution in [3.05, 3.63) is 70.8 Å². The first kappa shape index (κ1) is 16.2. The second kappa shape index (κ2) is 6.87. The monoisotopic (exact) mass is 323 g/mol. The molecule has 1 fully saturated rings. The van der Waals surface area contributed by atoms with Gasteiger partial charge in [0.15, 0.2) is 0 Å². The van der Waals surface area contributed by atoms with Gasteiger partial charge in [0.05, 0.1) is 5.56 Å². The molecule has 2 N–H and O–H groups in total. The standard InChI is InChI=1S/C20H21NO3/c1-13-3-2-4-16(11-13)17-12-18(17)19(22)21-10-9-14-5-7-15(8-6-14)20(23)24/h2-8,11,17-18H,9-10,12H2,1H3,(H,21,22)(H,23,24)/t17-,18+/m0/s1. The van der Waals surface area contributed by atoms with E-state index >= 15 is 0 Å². The Morgan fingerprint density at radius 1 is 1.17 bits per heavy atom. The van der Waals surface area contributed by atoms with Crippen LogP contribution in [0.3, 0.4) is 0 Å². The molecule has 1 saturated carbocycles. The number of carbonyl (C=O) groups is 2. The van der Waals surface area contributed by atoms with Crippen molar-refractivity contribution in [1.82, 2.24) is 5.32 Å². The van der Waals surface area contributed by atoms with Crippen molar-refractivity contribution in [1.29, 1.82) is 0 Å². The van der Waals surface area contributed by atoms with Crippen molar-refractivity contribution in [2.24, 2.45) is 5.92 Å². The van der Waals surface area contributed by atoms with Crippen LogP contribution in [-0.4, -0.2) is 23.5 Å². The van der Waals surface area contributed by atoms with E-state index in [1.807, 2.05) is 6.07 Å². The predicted molar refractivity (Wildman–Crippen MR) is 92.1 cm³/mol. The minimum atomic E-state index is -0.925. The summed E-state index contributed by atoms with van der Waals surface area (Å²) in [5, 5.41) is 11.9. The SMILES string of the molecule is Cc1cccc([C@@H]2C[C@H]2C(=O)NCCc2ccc(C(=O)O)cc2)c1. The van der Waals surface area contributed by atoms with Crippen molar-refractivity contribution in [3.8, 4) is 0 Å². The number of aryl methyl sites for hydroxylation is 1. The van der Waals surface area contributed by atoms with Gasteiger partial charge in [-0.1, -0.05) is 42.0 Å². The smallest absolute Gasteiger partial charge is 0.335 e. The Balaban J connectivity index is 1.46. The first-order valence-electron chi connectivity index (χ1n) is 8.21. The van der Waals surface area contributed by atoms with E-state index in [0.717, 1.165) is 12.0 Å². The highest BCUT2D eigenvalue weighted by atomic mass is 16.4. The van der Waals surface area contributed by atoms with E-state index in [1.54, 1.807) is 24.3 Å². The van der Waals surface area contributed by atoms with Crippen LogP contribution in [-0.2, 0) is 11.2 Å². The molecule has 0 aromatic heterocycles. The first-order chi connectivity index (χ1) is 11.5. The Morgan fingerprint density at radius 3 is 2.58 bits per heavy atom. The number of rotatable bonds is 6. The lowest BCUT2D eigenvalue weighted by Gasteiger charge is -2.06. The quantitative estimate of drug-likeness (QED) is 0.858. The Labute approximate surface area is 141 Å². The number of benzene rings is 2. The zero-order valence-corrected chi connectivity index (χ0v) is 13.7. The molecule has 2 aromatic rings. The summed E-state index contributed by atoms with van der Waals surface area (Å²) in [5.41, 5.74) is 3.77. The van der Waals surface area contributed by atoms with Crippen molar-refractivity contribution in [2.45, 2.75) is 25.7 Å². The minimum absolute atomic E-state index is 0.0844. The Bertz CT molecular complexity index is 752. The highest BCUT2D eigenvalue weighted by Gasteiger charge is 2.43. The molecule has 1 amide bonds. The van der Waals surface area contributed by atoms with Gasteiger partial charge in [0.25, 0.3) is 0 Å². The maximum absolute atomic E-state index is 12.2. The number of hydrogen-bond donors (Lipinski definition) is 2. The van der Waals surface area contributed by atoms with E-state index in [4.69, 9.17) is 5.11 Å². The van der Waals surface area contributed by atoms with Gasteiger partial charge in [-0.2, -0.15) is 0 Å². The van der Waals surface area contributed by atoms with Crippen LogP contribution in [0.5, 0.6) is 0 Å². The molecule has 0 aliphatic heterocycles. The molecular weight excluding hydrogens is 302 g/mol. The fourth-order valence-electron chi connectivity index (χ4n) is 3.03. The number of hydrogen-bond acceptors (Lipinski definition) is 2. The second-order valence-electron chi connectivity index (χ2n) is 6.41. The topological polar surface area (TPSA) is 66.4 Å². The van der Waals surface area contributed by atoms with Crippen LogP contribution in [0.15, 0.2) is 48.5 Å². The van der Waals surface area contributed by atoms with Crippen LogP contribution < -0.4 is 5.32 Å². The van der Waals surface area contributed by atoms with Gasteiger partial charge in [-0.25, -0.2) is 4.79 Å². The largest absolute Gasteiger partial charge is 0.478 e. The van der Waals surface area contributed by atoms with E-state index in [1.165, 1.54) is 11.1 Å². The summed E-state index contributed by atoms with van der Waals surface area (Å²) in [6, 6.07) is 15.1. The summed E-state index contributed by atoms with van der Waals surface area (Å²) in [4.78, 5) is 23.0. The number of nitrogens with one attached hydrogen (secondary N) is 1. The number of carboxylic acids is 1. The highest BCUT2D eigenvalue weighted by molar-refractivity contribution is 5.87. The molecule has 2 aromatic carbocycles. The average Bonchev–Trinajstić information content (AvgIpc) is 3.36. The van der Waals surface area contributed by atoms with Gasteiger partial charge in [0, 0.05) is 12.5 Å². The molecule has 0 saturated heterocycles. The summed E-state index contributed by atoms with van der Waals surface area (Å²) in [6.07, 6.45) is 1.62. The lowest BCUT2D eigenvalue weighted by atomic mass is 10.1. The van der Waals surface area contributed by atoms with E-state index in [9.17, 15) is 9.59 Å². The zero-order chi connectivity index (χ0) is 17.1. The molecule has 124 valence electrons. The lowest BCUT2D eigenvalue weighted by Crippen LogP contribution is -2.27. The maximum Gasteiger partial charge on any atom is 0.335 e. The molecule has 0 radical (unpaired) electrons. The third kappa shape index (κ3) is 3.82. The molecule has 2 atom stereocenters.